The Hall–Kier alpha value is -2.78. The minimum atomic E-state index is -4.64. The molecule has 0 saturated carbocycles. The molecule has 3 heterocycles. The first-order chi connectivity index (χ1) is 13.7. The van der Waals surface area contributed by atoms with Gasteiger partial charge in [0.15, 0.2) is 11.6 Å². The smallest absolute Gasteiger partial charge is 0.356 e. The summed E-state index contributed by atoms with van der Waals surface area (Å²) in [6, 6.07) is 5.61. The molecule has 1 aromatic carbocycles. The first-order valence-electron chi connectivity index (χ1n) is 9.21. The number of aryl methyl sites for hydroxylation is 1. The molecule has 0 bridgehead atoms. The van der Waals surface area contributed by atoms with Gasteiger partial charge in [0.2, 0.25) is 0 Å². The highest BCUT2D eigenvalue weighted by Gasteiger charge is 2.37. The van der Waals surface area contributed by atoms with Crippen LogP contribution in [0.1, 0.15) is 29.9 Å². The maximum absolute atomic E-state index is 13.4. The third-order valence-corrected chi connectivity index (χ3v) is 5.12. The van der Waals surface area contributed by atoms with Gasteiger partial charge >= 0.3 is 6.18 Å². The molecule has 5 nitrogen and oxygen atoms in total. The number of piperidine rings is 1. The summed E-state index contributed by atoms with van der Waals surface area (Å²) < 4.78 is 66.6. The molecule has 0 radical (unpaired) electrons. The fourth-order valence-corrected chi connectivity index (χ4v) is 3.68. The molecule has 0 amide bonds. The van der Waals surface area contributed by atoms with Gasteiger partial charge in [-0.3, -0.25) is 0 Å². The molecule has 1 aliphatic heterocycles. The molecule has 0 spiro atoms. The number of hydrogen-bond acceptors (Lipinski definition) is 4. The van der Waals surface area contributed by atoms with Crippen molar-refractivity contribution in [1.29, 1.82) is 0 Å². The number of anilines is 1. The molecule has 1 fully saturated rings. The van der Waals surface area contributed by atoms with Gasteiger partial charge in [0.05, 0.1) is 0 Å². The quantitative estimate of drug-likeness (QED) is 0.607. The van der Waals surface area contributed by atoms with Crippen molar-refractivity contribution in [2.24, 2.45) is 5.92 Å². The monoisotopic (exact) mass is 411 g/mol. The van der Waals surface area contributed by atoms with Gasteiger partial charge in [0.1, 0.15) is 5.82 Å². The van der Waals surface area contributed by atoms with Gasteiger partial charge in [-0.05, 0) is 49.8 Å². The average Bonchev–Trinajstić information content (AvgIpc) is 3.09. The molecule has 154 valence electrons. The third kappa shape index (κ3) is 4.01. The van der Waals surface area contributed by atoms with E-state index in [0.717, 1.165) is 29.0 Å². The van der Waals surface area contributed by atoms with Crippen LogP contribution in [0.15, 0.2) is 24.3 Å². The summed E-state index contributed by atoms with van der Waals surface area (Å²) in [4.78, 5) is 9.51. The lowest BCUT2D eigenvalue weighted by atomic mass is 9.90. The molecule has 4 rings (SSSR count). The van der Waals surface area contributed by atoms with Gasteiger partial charge in [-0.2, -0.15) is 22.7 Å². The number of fused-ring (bicyclic) bond motifs is 1. The topological polar surface area (TPSA) is 46.3 Å². The highest BCUT2D eigenvalue weighted by Crippen LogP contribution is 2.30. The summed E-state index contributed by atoms with van der Waals surface area (Å²) in [6.07, 6.45) is -2.49. The number of alkyl halides is 3. The van der Waals surface area contributed by atoms with Crippen LogP contribution in [0, 0.1) is 24.5 Å². The first kappa shape index (κ1) is 19.5. The van der Waals surface area contributed by atoms with E-state index in [2.05, 4.69) is 15.1 Å². The molecule has 0 atom stereocenters. The van der Waals surface area contributed by atoms with Crippen LogP contribution >= 0.6 is 0 Å². The second-order valence-electron chi connectivity index (χ2n) is 7.28. The second-order valence-corrected chi connectivity index (χ2v) is 7.28. The van der Waals surface area contributed by atoms with Crippen molar-refractivity contribution < 1.29 is 22.0 Å². The van der Waals surface area contributed by atoms with Crippen LogP contribution < -0.4 is 4.90 Å². The van der Waals surface area contributed by atoms with E-state index in [0.29, 0.717) is 31.0 Å². The van der Waals surface area contributed by atoms with E-state index in [4.69, 9.17) is 0 Å². The highest BCUT2D eigenvalue weighted by atomic mass is 19.4. The normalized spacial score (nSPS) is 16.0. The van der Waals surface area contributed by atoms with E-state index in [1.54, 1.807) is 19.1 Å². The number of hydrogen-bond donors (Lipinski definition) is 0. The Morgan fingerprint density at radius 1 is 1.03 bits per heavy atom. The molecule has 3 aromatic rings. The van der Waals surface area contributed by atoms with E-state index < -0.39 is 23.6 Å². The summed E-state index contributed by atoms with van der Waals surface area (Å²) in [5.41, 5.74) is 1.29. The molecule has 1 saturated heterocycles. The van der Waals surface area contributed by atoms with Crippen LogP contribution in [0.5, 0.6) is 0 Å². The summed E-state index contributed by atoms with van der Waals surface area (Å²) in [6.45, 7) is 2.91. The van der Waals surface area contributed by atoms with Crippen LogP contribution in [0.4, 0.5) is 27.8 Å². The Bertz CT molecular complexity index is 1040. The summed E-state index contributed by atoms with van der Waals surface area (Å²) in [7, 11) is 0. The van der Waals surface area contributed by atoms with Crippen molar-refractivity contribution in [1.82, 2.24) is 19.6 Å². The Labute approximate surface area is 163 Å². The number of aromatic nitrogens is 4. The minimum Gasteiger partial charge on any atom is -0.356 e. The fourth-order valence-electron chi connectivity index (χ4n) is 3.68. The number of rotatable bonds is 3. The summed E-state index contributed by atoms with van der Waals surface area (Å²) in [5.74, 6) is -2.24. The van der Waals surface area contributed by atoms with E-state index >= 15 is 0 Å². The van der Waals surface area contributed by atoms with Gasteiger partial charge in [-0.15, -0.1) is 5.10 Å². The van der Waals surface area contributed by atoms with Gasteiger partial charge in [-0.25, -0.2) is 13.8 Å². The summed E-state index contributed by atoms with van der Waals surface area (Å²) >= 11 is 0. The number of benzene rings is 1. The standard InChI is InChI=1S/C19H18F5N5/c1-11-8-16(29-18(25-11)26-17(27-29)19(22,23)24)28-6-4-12(5-7-28)9-13-2-3-14(20)15(21)10-13/h2-3,8,10,12H,4-7,9H2,1H3. The molecule has 0 unspecified atom stereocenters. The van der Waals surface area contributed by atoms with Crippen molar-refractivity contribution >= 4 is 11.6 Å². The van der Waals surface area contributed by atoms with E-state index in [1.165, 1.54) is 6.07 Å². The number of nitrogens with zero attached hydrogens (tertiary/aromatic N) is 5. The maximum Gasteiger partial charge on any atom is 0.453 e. The van der Waals surface area contributed by atoms with Crippen LogP contribution in [0.3, 0.4) is 0 Å². The second kappa shape index (κ2) is 7.23. The lowest BCUT2D eigenvalue weighted by molar-refractivity contribution is -0.144. The molecule has 2 aromatic heterocycles. The predicted molar refractivity (Wildman–Crippen MR) is 95.5 cm³/mol. The third-order valence-electron chi connectivity index (χ3n) is 5.12. The van der Waals surface area contributed by atoms with Crippen molar-refractivity contribution in [3.8, 4) is 0 Å². The first-order valence-corrected chi connectivity index (χ1v) is 9.21. The lowest BCUT2D eigenvalue weighted by Gasteiger charge is -2.33. The van der Waals surface area contributed by atoms with Crippen molar-refractivity contribution in [3.05, 3.63) is 53.0 Å². The van der Waals surface area contributed by atoms with Crippen LogP contribution in [-0.2, 0) is 12.6 Å². The zero-order chi connectivity index (χ0) is 20.8. The predicted octanol–water partition coefficient (Wildman–Crippen LogP) is 4.19. The Balaban J connectivity index is 1.51. The highest BCUT2D eigenvalue weighted by molar-refractivity contribution is 5.48. The summed E-state index contributed by atoms with van der Waals surface area (Å²) in [5, 5.41) is 3.60. The Kier molecular flexibility index (Phi) is 4.87. The SMILES string of the molecule is Cc1cc(N2CCC(Cc3ccc(F)c(F)c3)CC2)n2nc(C(F)(F)F)nc2n1. The van der Waals surface area contributed by atoms with Gasteiger partial charge < -0.3 is 4.90 Å². The molecule has 1 aliphatic rings. The zero-order valence-corrected chi connectivity index (χ0v) is 15.5. The van der Waals surface area contributed by atoms with Crippen LogP contribution in [-0.4, -0.2) is 32.7 Å². The zero-order valence-electron chi connectivity index (χ0n) is 15.5. The van der Waals surface area contributed by atoms with Crippen LogP contribution in [0.2, 0.25) is 0 Å². The molecular weight excluding hydrogens is 393 g/mol. The van der Waals surface area contributed by atoms with Crippen molar-refractivity contribution in [2.45, 2.75) is 32.4 Å². The van der Waals surface area contributed by atoms with Crippen molar-refractivity contribution in [3.63, 3.8) is 0 Å². The van der Waals surface area contributed by atoms with Crippen molar-refractivity contribution in [2.75, 3.05) is 18.0 Å². The van der Waals surface area contributed by atoms with Gasteiger partial charge in [-0.1, -0.05) is 6.07 Å². The van der Waals surface area contributed by atoms with E-state index in [-0.39, 0.29) is 11.7 Å². The Morgan fingerprint density at radius 3 is 2.41 bits per heavy atom. The van der Waals surface area contributed by atoms with Gasteiger partial charge in [0, 0.05) is 24.8 Å². The van der Waals surface area contributed by atoms with E-state index in [9.17, 15) is 22.0 Å². The minimum absolute atomic E-state index is 0.0868. The molecule has 0 N–H and O–H groups in total. The van der Waals surface area contributed by atoms with Gasteiger partial charge in [0.25, 0.3) is 11.6 Å². The molecule has 29 heavy (non-hydrogen) atoms. The van der Waals surface area contributed by atoms with E-state index in [1.807, 2.05) is 4.90 Å². The fraction of sp³-hybridized carbons (Fsp3) is 0.421. The largest absolute Gasteiger partial charge is 0.453 e. The average molecular weight is 411 g/mol. The molecular formula is C19H18F5N5. The molecule has 0 aliphatic carbocycles. The van der Waals surface area contributed by atoms with Crippen LogP contribution in [0.25, 0.3) is 5.78 Å². The lowest BCUT2D eigenvalue weighted by Crippen LogP contribution is -2.35. The number of halogens is 5. The Morgan fingerprint density at radius 2 is 1.76 bits per heavy atom. The molecule has 10 heteroatoms. The maximum atomic E-state index is 13.4.